The van der Waals surface area contributed by atoms with Crippen molar-refractivity contribution in [2.24, 2.45) is 5.92 Å². The predicted octanol–water partition coefficient (Wildman–Crippen LogP) is -0.448. The van der Waals surface area contributed by atoms with E-state index in [1.807, 2.05) is 0 Å². The Balaban J connectivity index is 2.27. The van der Waals surface area contributed by atoms with Crippen LogP contribution in [-0.2, 0) is 14.8 Å². The number of methoxy groups -OCH3 is 1. The summed E-state index contributed by atoms with van der Waals surface area (Å²) in [5, 5.41) is 3.22. The predicted molar refractivity (Wildman–Crippen MR) is 59.3 cm³/mol. The second-order valence-electron chi connectivity index (χ2n) is 3.86. The summed E-state index contributed by atoms with van der Waals surface area (Å²) in [6, 6.07) is 0. The van der Waals surface area contributed by atoms with E-state index >= 15 is 0 Å². The lowest BCUT2D eigenvalue weighted by molar-refractivity contribution is 0.204. The third-order valence-electron chi connectivity index (χ3n) is 2.54. The zero-order chi connectivity index (χ0) is 11.1. The van der Waals surface area contributed by atoms with Crippen molar-refractivity contribution in [3.63, 3.8) is 0 Å². The summed E-state index contributed by atoms with van der Waals surface area (Å²) in [5.74, 6) is 0.546. The highest BCUT2D eigenvalue weighted by molar-refractivity contribution is 7.89. The first-order valence-electron chi connectivity index (χ1n) is 5.31. The van der Waals surface area contributed by atoms with Gasteiger partial charge in [0.05, 0.1) is 12.4 Å². The summed E-state index contributed by atoms with van der Waals surface area (Å²) in [7, 11) is -1.55. The van der Waals surface area contributed by atoms with Gasteiger partial charge >= 0.3 is 0 Å². The molecule has 1 rings (SSSR count). The Morgan fingerprint density at radius 2 is 2.07 bits per heavy atom. The molecule has 1 fully saturated rings. The van der Waals surface area contributed by atoms with Crippen LogP contribution in [-0.4, -0.2) is 47.5 Å². The molecule has 2 N–H and O–H groups in total. The van der Waals surface area contributed by atoms with E-state index in [1.54, 1.807) is 7.11 Å². The molecule has 90 valence electrons. The zero-order valence-electron chi connectivity index (χ0n) is 9.16. The van der Waals surface area contributed by atoms with Crippen LogP contribution in [0, 0.1) is 5.92 Å². The van der Waals surface area contributed by atoms with Crippen LogP contribution in [0.3, 0.4) is 0 Å². The van der Waals surface area contributed by atoms with Crippen molar-refractivity contribution in [1.29, 1.82) is 0 Å². The Hall–Kier alpha value is -0.170. The Morgan fingerprint density at radius 3 is 2.67 bits per heavy atom. The van der Waals surface area contributed by atoms with Crippen LogP contribution in [0.25, 0.3) is 0 Å². The molecule has 0 spiro atoms. The molecular formula is C9H20N2O3S. The first kappa shape index (κ1) is 12.9. The third-order valence-corrected chi connectivity index (χ3v) is 4.10. The normalized spacial score (nSPS) is 19.3. The van der Waals surface area contributed by atoms with Gasteiger partial charge in [0.15, 0.2) is 0 Å². The molecule has 6 heteroatoms. The van der Waals surface area contributed by atoms with Crippen LogP contribution in [0.1, 0.15) is 12.8 Å². The van der Waals surface area contributed by atoms with Gasteiger partial charge in [-0.3, -0.25) is 0 Å². The Kier molecular flexibility index (Phi) is 5.52. The summed E-state index contributed by atoms with van der Waals surface area (Å²) in [6.45, 7) is 2.64. The summed E-state index contributed by atoms with van der Waals surface area (Å²) < 4.78 is 30.5. The highest BCUT2D eigenvalue weighted by atomic mass is 32.2. The maximum absolute atomic E-state index is 11.6. The van der Waals surface area contributed by atoms with Crippen LogP contribution < -0.4 is 10.0 Å². The highest BCUT2D eigenvalue weighted by Crippen LogP contribution is 2.13. The summed E-state index contributed by atoms with van der Waals surface area (Å²) >= 11 is 0. The van der Waals surface area contributed by atoms with Gasteiger partial charge < -0.3 is 10.1 Å². The van der Waals surface area contributed by atoms with Gasteiger partial charge in [0.2, 0.25) is 10.0 Å². The van der Waals surface area contributed by atoms with E-state index in [0.717, 1.165) is 25.9 Å². The largest absolute Gasteiger partial charge is 0.383 e. The number of ether oxygens (including phenoxy) is 1. The molecule has 0 aliphatic carbocycles. The molecule has 15 heavy (non-hydrogen) atoms. The minimum absolute atomic E-state index is 0.248. The fourth-order valence-corrected chi connectivity index (χ4v) is 3.18. The molecule has 1 aliphatic heterocycles. The van der Waals surface area contributed by atoms with Crippen LogP contribution in [0.2, 0.25) is 0 Å². The Labute approximate surface area is 91.6 Å². The smallest absolute Gasteiger partial charge is 0.211 e. The molecule has 0 amide bonds. The number of hydrogen-bond acceptors (Lipinski definition) is 4. The van der Waals surface area contributed by atoms with Crippen molar-refractivity contribution >= 4 is 10.0 Å². The standard InChI is InChI=1S/C9H20N2O3S/c1-14-7-6-11-15(12,13)8-9-2-4-10-5-3-9/h9-11H,2-8H2,1H3. The second kappa shape index (κ2) is 6.42. The van der Waals surface area contributed by atoms with Crippen molar-refractivity contribution in [2.45, 2.75) is 12.8 Å². The summed E-state index contributed by atoms with van der Waals surface area (Å²) in [5.41, 5.74) is 0. The summed E-state index contributed by atoms with van der Waals surface area (Å²) in [4.78, 5) is 0. The van der Waals surface area contributed by atoms with E-state index in [4.69, 9.17) is 4.74 Å². The van der Waals surface area contributed by atoms with Crippen LogP contribution in [0.4, 0.5) is 0 Å². The van der Waals surface area contributed by atoms with Crippen molar-refractivity contribution in [3.8, 4) is 0 Å². The van der Waals surface area contributed by atoms with E-state index in [-0.39, 0.29) is 5.75 Å². The average Bonchev–Trinajstić information content (AvgIpc) is 2.18. The molecule has 0 aromatic rings. The van der Waals surface area contributed by atoms with Crippen LogP contribution >= 0.6 is 0 Å². The molecule has 1 saturated heterocycles. The lowest BCUT2D eigenvalue weighted by Crippen LogP contribution is -2.36. The maximum Gasteiger partial charge on any atom is 0.211 e. The van der Waals surface area contributed by atoms with Crippen molar-refractivity contribution in [2.75, 3.05) is 39.1 Å². The maximum atomic E-state index is 11.6. The second-order valence-corrected chi connectivity index (χ2v) is 5.71. The molecular weight excluding hydrogens is 216 g/mol. The van der Waals surface area contributed by atoms with E-state index in [2.05, 4.69) is 10.0 Å². The number of piperidine rings is 1. The van der Waals surface area contributed by atoms with Crippen LogP contribution in [0.5, 0.6) is 0 Å². The minimum Gasteiger partial charge on any atom is -0.383 e. The molecule has 0 atom stereocenters. The summed E-state index contributed by atoms with van der Waals surface area (Å²) in [6.07, 6.45) is 1.90. The first-order valence-corrected chi connectivity index (χ1v) is 6.96. The van der Waals surface area contributed by atoms with Gasteiger partial charge in [-0.25, -0.2) is 13.1 Å². The van der Waals surface area contributed by atoms with Gasteiger partial charge in [0, 0.05) is 13.7 Å². The molecule has 0 aromatic heterocycles. The molecule has 0 radical (unpaired) electrons. The number of hydrogen-bond donors (Lipinski definition) is 2. The number of sulfonamides is 1. The molecule has 0 unspecified atom stereocenters. The molecule has 1 heterocycles. The molecule has 0 saturated carbocycles. The lowest BCUT2D eigenvalue weighted by atomic mass is 10.0. The SMILES string of the molecule is COCCNS(=O)(=O)CC1CCNCC1. The third kappa shape index (κ3) is 5.46. The fraction of sp³-hybridized carbons (Fsp3) is 1.00. The van der Waals surface area contributed by atoms with E-state index in [0.29, 0.717) is 19.1 Å². The van der Waals surface area contributed by atoms with Gasteiger partial charge in [-0.05, 0) is 31.8 Å². The minimum atomic E-state index is -3.11. The van der Waals surface area contributed by atoms with Crippen molar-refractivity contribution < 1.29 is 13.2 Å². The van der Waals surface area contributed by atoms with E-state index in [9.17, 15) is 8.42 Å². The van der Waals surface area contributed by atoms with Gasteiger partial charge in [-0.2, -0.15) is 0 Å². The lowest BCUT2D eigenvalue weighted by Gasteiger charge is -2.22. The van der Waals surface area contributed by atoms with Crippen molar-refractivity contribution in [3.05, 3.63) is 0 Å². The quantitative estimate of drug-likeness (QED) is 0.613. The van der Waals surface area contributed by atoms with E-state index < -0.39 is 10.0 Å². The van der Waals surface area contributed by atoms with E-state index in [1.165, 1.54) is 0 Å². The topological polar surface area (TPSA) is 67.4 Å². The average molecular weight is 236 g/mol. The monoisotopic (exact) mass is 236 g/mol. The van der Waals surface area contributed by atoms with Gasteiger partial charge in [0.25, 0.3) is 0 Å². The first-order chi connectivity index (χ1) is 7.14. The Morgan fingerprint density at radius 1 is 1.40 bits per heavy atom. The molecule has 5 nitrogen and oxygen atoms in total. The highest BCUT2D eigenvalue weighted by Gasteiger charge is 2.20. The molecule has 0 aromatic carbocycles. The number of rotatable bonds is 6. The van der Waals surface area contributed by atoms with Gasteiger partial charge in [-0.15, -0.1) is 0 Å². The molecule has 0 bridgehead atoms. The number of nitrogens with one attached hydrogen (secondary N) is 2. The van der Waals surface area contributed by atoms with Crippen molar-refractivity contribution in [1.82, 2.24) is 10.0 Å². The van der Waals surface area contributed by atoms with Gasteiger partial charge in [0.1, 0.15) is 0 Å². The van der Waals surface area contributed by atoms with Gasteiger partial charge in [-0.1, -0.05) is 0 Å². The molecule has 1 aliphatic rings. The fourth-order valence-electron chi connectivity index (χ4n) is 1.72. The zero-order valence-corrected chi connectivity index (χ0v) is 9.98. The Bertz CT molecular complexity index is 261. The van der Waals surface area contributed by atoms with Crippen LogP contribution in [0.15, 0.2) is 0 Å².